The highest BCUT2D eigenvalue weighted by Gasteiger charge is 2.07. The summed E-state index contributed by atoms with van der Waals surface area (Å²) in [6.07, 6.45) is 1.74. The molecule has 2 heterocycles. The minimum absolute atomic E-state index is 0.370. The molecule has 2 aromatic heterocycles. The van der Waals surface area contributed by atoms with E-state index in [4.69, 9.17) is 5.84 Å². The number of aromatic nitrogens is 4. The van der Waals surface area contributed by atoms with E-state index in [1.807, 2.05) is 37.3 Å². The van der Waals surface area contributed by atoms with Gasteiger partial charge in [0.2, 0.25) is 5.95 Å². The zero-order valence-corrected chi connectivity index (χ0v) is 11.5. The molecule has 7 nitrogen and oxygen atoms in total. The monoisotopic (exact) mass is 281 g/mol. The summed E-state index contributed by atoms with van der Waals surface area (Å²) >= 11 is 0. The minimum atomic E-state index is 0.370. The number of aryl methyl sites for hydroxylation is 1. The van der Waals surface area contributed by atoms with E-state index in [2.05, 4.69) is 30.7 Å². The number of benzene rings is 1. The second-order valence-electron chi connectivity index (χ2n) is 4.51. The third kappa shape index (κ3) is 2.87. The number of nitrogens with two attached hydrogens (primary N) is 1. The summed E-state index contributed by atoms with van der Waals surface area (Å²) in [6.45, 7) is 2.41. The quantitative estimate of drug-likeness (QED) is 0.493. The van der Waals surface area contributed by atoms with Crippen molar-refractivity contribution in [3.63, 3.8) is 0 Å². The predicted octanol–water partition coefficient (Wildman–Crippen LogP) is 1.63. The lowest BCUT2D eigenvalue weighted by atomic mass is 10.2. The number of hydrogen-bond acceptors (Lipinski definition) is 7. The summed E-state index contributed by atoms with van der Waals surface area (Å²) in [5.74, 6) is 7.24. The van der Waals surface area contributed by atoms with Gasteiger partial charge in [0.1, 0.15) is 11.6 Å². The largest absolute Gasteiger partial charge is 0.364 e. The Hall–Kier alpha value is -2.80. The molecule has 0 aliphatic rings. The molecule has 0 aliphatic heterocycles. The number of nitrogens with one attached hydrogen (secondary N) is 2. The molecule has 0 radical (unpaired) electrons. The van der Waals surface area contributed by atoms with Gasteiger partial charge in [0.15, 0.2) is 0 Å². The third-order valence-corrected chi connectivity index (χ3v) is 3.00. The zero-order valence-electron chi connectivity index (χ0n) is 11.5. The van der Waals surface area contributed by atoms with Gasteiger partial charge in [-0.15, -0.1) is 0 Å². The molecule has 0 amide bonds. The number of nitrogens with zero attached hydrogens (tertiary/aromatic N) is 4. The number of nitrogen functional groups attached to an aromatic ring is 1. The molecule has 3 aromatic rings. The summed E-state index contributed by atoms with van der Waals surface area (Å²) in [5, 5.41) is 4.20. The maximum absolute atomic E-state index is 5.41. The highest BCUT2D eigenvalue weighted by atomic mass is 15.3. The molecule has 0 atom stereocenters. The van der Waals surface area contributed by atoms with E-state index in [-0.39, 0.29) is 0 Å². The summed E-state index contributed by atoms with van der Waals surface area (Å²) in [4.78, 5) is 17.1. The average Bonchev–Trinajstić information content (AvgIpc) is 2.52. The molecule has 106 valence electrons. The van der Waals surface area contributed by atoms with Crippen molar-refractivity contribution < 1.29 is 0 Å². The molecule has 1 aromatic carbocycles. The molecule has 21 heavy (non-hydrogen) atoms. The fourth-order valence-corrected chi connectivity index (χ4v) is 2.05. The maximum atomic E-state index is 5.41. The van der Waals surface area contributed by atoms with Crippen molar-refractivity contribution in [3.8, 4) is 0 Å². The lowest BCUT2D eigenvalue weighted by Crippen LogP contribution is -2.12. The Morgan fingerprint density at radius 3 is 2.76 bits per heavy atom. The van der Waals surface area contributed by atoms with Crippen molar-refractivity contribution in [2.45, 2.75) is 13.5 Å². The smallest absolute Gasteiger partial charge is 0.239 e. The van der Waals surface area contributed by atoms with Crippen LogP contribution in [-0.2, 0) is 6.54 Å². The van der Waals surface area contributed by atoms with Crippen LogP contribution in [0.2, 0.25) is 0 Å². The van der Waals surface area contributed by atoms with Gasteiger partial charge in [0.25, 0.3) is 0 Å². The highest BCUT2D eigenvalue weighted by Crippen LogP contribution is 2.21. The van der Waals surface area contributed by atoms with E-state index < -0.39 is 0 Å². The van der Waals surface area contributed by atoms with Gasteiger partial charge in [0.05, 0.1) is 17.8 Å². The van der Waals surface area contributed by atoms with Crippen LogP contribution in [0.5, 0.6) is 0 Å². The number of para-hydroxylation sites is 1. The fraction of sp³-hybridized carbons (Fsp3) is 0.143. The van der Waals surface area contributed by atoms with Crippen molar-refractivity contribution in [3.05, 3.63) is 48.0 Å². The van der Waals surface area contributed by atoms with E-state index in [1.165, 1.54) is 0 Å². The average molecular weight is 281 g/mol. The summed E-state index contributed by atoms with van der Waals surface area (Å²) in [6, 6.07) is 9.61. The van der Waals surface area contributed by atoms with Gasteiger partial charge < -0.3 is 5.32 Å². The Bertz CT molecular complexity index is 772. The number of rotatable bonds is 4. The SMILES string of the molecule is Cc1nccc(CNc2nc(NN)nc3ccccc23)n1. The van der Waals surface area contributed by atoms with Crippen molar-refractivity contribution in [1.82, 2.24) is 19.9 Å². The van der Waals surface area contributed by atoms with Crippen molar-refractivity contribution in [1.29, 1.82) is 0 Å². The zero-order chi connectivity index (χ0) is 14.7. The predicted molar refractivity (Wildman–Crippen MR) is 81.4 cm³/mol. The highest BCUT2D eigenvalue weighted by molar-refractivity contribution is 5.89. The molecule has 4 N–H and O–H groups in total. The normalized spacial score (nSPS) is 10.6. The van der Waals surface area contributed by atoms with Gasteiger partial charge in [-0.3, -0.25) is 5.43 Å². The fourth-order valence-electron chi connectivity index (χ4n) is 2.05. The Labute approximate surface area is 121 Å². The lowest BCUT2D eigenvalue weighted by Gasteiger charge is -2.10. The topological polar surface area (TPSA) is 102 Å². The molecule has 0 saturated carbocycles. The van der Waals surface area contributed by atoms with E-state index >= 15 is 0 Å². The second-order valence-corrected chi connectivity index (χ2v) is 4.51. The van der Waals surface area contributed by atoms with Crippen LogP contribution in [0.25, 0.3) is 10.9 Å². The minimum Gasteiger partial charge on any atom is -0.364 e. The van der Waals surface area contributed by atoms with Crippen molar-refractivity contribution >= 4 is 22.7 Å². The first-order chi connectivity index (χ1) is 10.3. The van der Waals surface area contributed by atoms with Gasteiger partial charge in [0, 0.05) is 11.6 Å². The van der Waals surface area contributed by atoms with Gasteiger partial charge in [-0.2, -0.15) is 4.98 Å². The van der Waals surface area contributed by atoms with Crippen LogP contribution in [0, 0.1) is 6.92 Å². The molecule has 0 bridgehead atoms. The van der Waals surface area contributed by atoms with Gasteiger partial charge in [-0.1, -0.05) is 12.1 Å². The van der Waals surface area contributed by atoms with Crippen LogP contribution in [0.15, 0.2) is 36.5 Å². The summed E-state index contributed by atoms with van der Waals surface area (Å²) in [5.41, 5.74) is 4.20. The Morgan fingerprint density at radius 2 is 1.95 bits per heavy atom. The van der Waals surface area contributed by atoms with Crippen molar-refractivity contribution in [2.24, 2.45) is 5.84 Å². The van der Waals surface area contributed by atoms with E-state index in [0.29, 0.717) is 18.3 Å². The second kappa shape index (κ2) is 5.68. The molecule has 7 heteroatoms. The molecular formula is C14H15N7. The Kier molecular flexibility index (Phi) is 3.57. The first-order valence-electron chi connectivity index (χ1n) is 6.52. The van der Waals surface area contributed by atoms with E-state index in [9.17, 15) is 0 Å². The number of anilines is 2. The van der Waals surface area contributed by atoms with Gasteiger partial charge in [-0.05, 0) is 25.1 Å². The molecule has 0 saturated heterocycles. The van der Waals surface area contributed by atoms with Crippen LogP contribution in [0.1, 0.15) is 11.5 Å². The van der Waals surface area contributed by atoms with Crippen LogP contribution < -0.4 is 16.6 Å². The first-order valence-corrected chi connectivity index (χ1v) is 6.52. The molecule has 0 fully saturated rings. The molecule has 0 spiro atoms. The van der Waals surface area contributed by atoms with Gasteiger partial charge in [-0.25, -0.2) is 20.8 Å². The Morgan fingerprint density at radius 1 is 1.10 bits per heavy atom. The standard InChI is InChI=1S/C14H15N7/c1-9-16-7-6-10(18-9)8-17-13-11-4-2-3-5-12(11)19-14(20-13)21-15/h2-7H,8,15H2,1H3,(H2,17,19,20,21). The van der Waals surface area contributed by atoms with Crippen LogP contribution in [0.4, 0.5) is 11.8 Å². The molecule has 0 unspecified atom stereocenters. The molecular weight excluding hydrogens is 266 g/mol. The third-order valence-electron chi connectivity index (χ3n) is 3.00. The Balaban J connectivity index is 1.92. The first kappa shape index (κ1) is 13.2. The number of hydrogen-bond donors (Lipinski definition) is 3. The van der Waals surface area contributed by atoms with Crippen LogP contribution in [0.3, 0.4) is 0 Å². The van der Waals surface area contributed by atoms with Gasteiger partial charge >= 0.3 is 0 Å². The molecule has 0 aliphatic carbocycles. The van der Waals surface area contributed by atoms with Crippen LogP contribution in [-0.4, -0.2) is 19.9 Å². The lowest BCUT2D eigenvalue weighted by molar-refractivity contribution is 0.950. The summed E-state index contributed by atoms with van der Waals surface area (Å²) < 4.78 is 0. The number of fused-ring (bicyclic) bond motifs is 1. The molecule has 3 rings (SSSR count). The van der Waals surface area contributed by atoms with Crippen molar-refractivity contribution in [2.75, 3.05) is 10.7 Å². The van der Waals surface area contributed by atoms with Crippen LogP contribution >= 0.6 is 0 Å². The van der Waals surface area contributed by atoms with E-state index in [0.717, 1.165) is 22.4 Å². The van der Waals surface area contributed by atoms with E-state index in [1.54, 1.807) is 6.20 Å². The maximum Gasteiger partial charge on any atom is 0.239 e. The number of hydrazine groups is 1. The summed E-state index contributed by atoms with van der Waals surface area (Å²) in [7, 11) is 0.